The first kappa shape index (κ1) is 25.7. The van der Waals surface area contributed by atoms with Crippen LogP contribution in [0.1, 0.15) is 48.2 Å². The summed E-state index contributed by atoms with van der Waals surface area (Å²) in [5.74, 6) is 0.371. The van der Waals surface area contributed by atoms with Crippen LogP contribution in [0.25, 0.3) is 0 Å². The van der Waals surface area contributed by atoms with Crippen molar-refractivity contribution in [2.24, 2.45) is 0 Å². The average molecular weight is 494 g/mol. The van der Waals surface area contributed by atoms with Crippen molar-refractivity contribution >= 4 is 17.9 Å². The summed E-state index contributed by atoms with van der Waals surface area (Å²) >= 11 is 0. The smallest absolute Gasteiger partial charge is 0.337 e. The maximum atomic E-state index is 13.6. The number of rotatable bonds is 8. The molecule has 8 heteroatoms. The van der Waals surface area contributed by atoms with Gasteiger partial charge in [0.1, 0.15) is 11.3 Å². The third-order valence-electron chi connectivity index (χ3n) is 7.33. The zero-order chi connectivity index (χ0) is 25.9. The predicted molar refractivity (Wildman–Crippen MR) is 136 cm³/mol. The quantitative estimate of drug-likeness (QED) is 0.412. The Kier molecular flexibility index (Phi) is 7.64. The highest BCUT2D eigenvalue weighted by Crippen LogP contribution is 2.38. The van der Waals surface area contributed by atoms with E-state index < -0.39 is 5.54 Å². The molecule has 2 aromatic rings. The van der Waals surface area contributed by atoms with Gasteiger partial charge >= 0.3 is 12.0 Å². The van der Waals surface area contributed by atoms with Crippen LogP contribution >= 0.6 is 0 Å². The van der Waals surface area contributed by atoms with Crippen molar-refractivity contribution in [3.8, 4) is 5.75 Å². The van der Waals surface area contributed by atoms with Gasteiger partial charge in [-0.1, -0.05) is 24.3 Å². The molecule has 0 saturated carbocycles. The Labute approximate surface area is 212 Å². The van der Waals surface area contributed by atoms with E-state index in [0.717, 1.165) is 23.4 Å². The van der Waals surface area contributed by atoms with E-state index in [1.165, 1.54) is 12.0 Å². The monoisotopic (exact) mass is 493 g/mol. The van der Waals surface area contributed by atoms with Crippen LogP contribution in [0, 0.1) is 0 Å². The first-order chi connectivity index (χ1) is 17.3. The molecule has 2 heterocycles. The van der Waals surface area contributed by atoms with E-state index >= 15 is 0 Å². The lowest BCUT2D eigenvalue weighted by Crippen LogP contribution is -2.56. The lowest BCUT2D eigenvalue weighted by Gasteiger charge is -2.42. The van der Waals surface area contributed by atoms with Gasteiger partial charge in [0.2, 0.25) is 0 Å². The molecule has 2 aliphatic rings. The summed E-state index contributed by atoms with van der Waals surface area (Å²) in [6.07, 6.45) is 1.88. The standard InChI is InChI=1S/C28H35N3O5/c1-20(2)31-26(33)28(30(27(31)34)16-13-21-7-11-24(35-3)12-8-21)14-17-29(18-15-28)19-22-5-9-23(10-6-22)25(32)36-4/h5-12,20H,13-19H2,1-4H3. The predicted octanol–water partition coefficient (Wildman–Crippen LogP) is 3.73. The van der Waals surface area contributed by atoms with Gasteiger partial charge in [0, 0.05) is 32.2 Å². The Morgan fingerprint density at radius 2 is 1.56 bits per heavy atom. The second kappa shape index (κ2) is 10.7. The summed E-state index contributed by atoms with van der Waals surface area (Å²) < 4.78 is 10.0. The number of urea groups is 1. The van der Waals surface area contributed by atoms with Gasteiger partial charge in [-0.3, -0.25) is 14.6 Å². The minimum atomic E-state index is -0.793. The molecule has 3 amide bonds. The largest absolute Gasteiger partial charge is 0.497 e. The fourth-order valence-corrected chi connectivity index (χ4v) is 5.22. The number of imide groups is 1. The molecule has 2 aromatic carbocycles. The van der Waals surface area contributed by atoms with E-state index in [2.05, 4.69) is 4.90 Å². The number of amides is 3. The molecule has 2 fully saturated rings. The molecule has 4 rings (SSSR count). The number of carbonyl (C=O) groups excluding carboxylic acids is 3. The van der Waals surface area contributed by atoms with Gasteiger partial charge in [-0.05, 0) is 68.5 Å². The minimum Gasteiger partial charge on any atom is -0.497 e. The van der Waals surface area contributed by atoms with Crippen molar-refractivity contribution in [3.05, 3.63) is 65.2 Å². The lowest BCUT2D eigenvalue weighted by molar-refractivity contribution is -0.136. The van der Waals surface area contributed by atoms with Gasteiger partial charge < -0.3 is 14.4 Å². The first-order valence-electron chi connectivity index (χ1n) is 12.5. The molecule has 2 aliphatic heterocycles. The average Bonchev–Trinajstić information content (AvgIpc) is 3.09. The molecule has 0 atom stereocenters. The van der Waals surface area contributed by atoms with E-state index in [-0.39, 0.29) is 23.9 Å². The zero-order valence-electron chi connectivity index (χ0n) is 21.5. The second-order valence-corrected chi connectivity index (χ2v) is 9.80. The minimum absolute atomic E-state index is 0.0701. The second-order valence-electron chi connectivity index (χ2n) is 9.80. The number of piperidine rings is 1. The Morgan fingerprint density at radius 1 is 0.944 bits per heavy atom. The van der Waals surface area contributed by atoms with Gasteiger partial charge in [-0.2, -0.15) is 0 Å². The highest BCUT2D eigenvalue weighted by Gasteiger charge is 2.58. The van der Waals surface area contributed by atoms with Gasteiger partial charge in [0.05, 0.1) is 19.8 Å². The van der Waals surface area contributed by atoms with Crippen LogP contribution in [0.4, 0.5) is 4.79 Å². The summed E-state index contributed by atoms with van der Waals surface area (Å²) in [7, 11) is 3.01. The number of ether oxygens (including phenoxy) is 2. The SMILES string of the molecule is COC(=O)c1ccc(CN2CCC3(CC2)C(=O)N(C(C)C)C(=O)N3CCc2ccc(OC)cc2)cc1. The molecule has 0 aliphatic carbocycles. The van der Waals surface area contributed by atoms with Crippen molar-refractivity contribution < 1.29 is 23.9 Å². The number of nitrogens with zero attached hydrogens (tertiary/aromatic N) is 3. The molecule has 8 nitrogen and oxygen atoms in total. The Bertz CT molecular complexity index is 1090. The fourth-order valence-electron chi connectivity index (χ4n) is 5.22. The molecule has 0 unspecified atom stereocenters. The van der Waals surface area contributed by atoms with Crippen molar-refractivity contribution in [3.63, 3.8) is 0 Å². The highest BCUT2D eigenvalue weighted by molar-refractivity contribution is 6.07. The van der Waals surface area contributed by atoms with Gasteiger partial charge in [-0.25, -0.2) is 9.59 Å². The maximum absolute atomic E-state index is 13.6. The summed E-state index contributed by atoms with van der Waals surface area (Å²) in [4.78, 5) is 44.3. The third-order valence-corrected chi connectivity index (χ3v) is 7.33. The number of methoxy groups -OCH3 is 2. The third kappa shape index (κ3) is 4.95. The summed E-state index contributed by atoms with van der Waals surface area (Å²) in [5.41, 5.74) is 1.92. The Morgan fingerprint density at radius 3 is 2.11 bits per heavy atom. The van der Waals surface area contributed by atoms with Crippen LogP contribution < -0.4 is 4.74 Å². The molecule has 0 N–H and O–H groups in total. The number of carbonyl (C=O) groups is 3. The number of likely N-dealkylation sites (tertiary alicyclic amines) is 1. The zero-order valence-corrected chi connectivity index (χ0v) is 21.5. The molecule has 36 heavy (non-hydrogen) atoms. The number of hydrogen-bond acceptors (Lipinski definition) is 6. The van der Waals surface area contributed by atoms with Crippen LogP contribution in [-0.2, 0) is 22.5 Å². The van der Waals surface area contributed by atoms with Crippen molar-refractivity contribution in [1.29, 1.82) is 0 Å². The summed E-state index contributed by atoms with van der Waals surface area (Å²) in [5, 5.41) is 0. The van der Waals surface area contributed by atoms with Crippen LogP contribution in [0.3, 0.4) is 0 Å². The maximum Gasteiger partial charge on any atom is 0.337 e. The lowest BCUT2D eigenvalue weighted by atomic mass is 9.85. The van der Waals surface area contributed by atoms with Crippen LogP contribution in [0.2, 0.25) is 0 Å². The van der Waals surface area contributed by atoms with Crippen LogP contribution in [0.15, 0.2) is 48.5 Å². The van der Waals surface area contributed by atoms with Gasteiger partial charge in [0.15, 0.2) is 0 Å². The first-order valence-corrected chi connectivity index (χ1v) is 12.5. The Balaban J connectivity index is 1.45. The van der Waals surface area contributed by atoms with Crippen LogP contribution in [-0.4, -0.2) is 78.0 Å². The van der Waals surface area contributed by atoms with Crippen molar-refractivity contribution in [2.75, 3.05) is 33.9 Å². The van der Waals surface area contributed by atoms with E-state index in [1.54, 1.807) is 19.2 Å². The Hall–Kier alpha value is -3.39. The molecule has 2 saturated heterocycles. The molecule has 192 valence electrons. The van der Waals surface area contributed by atoms with Crippen molar-refractivity contribution in [1.82, 2.24) is 14.7 Å². The number of benzene rings is 2. The normalized spacial score (nSPS) is 17.8. The van der Waals surface area contributed by atoms with E-state index in [4.69, 9.17) is 9.47 Å². The number of hydrogen-bond donors (Lipinski definition) is 0. The molecule has 1 spiro atoms. The summed E-state index contributed by atoms with van der Waals surface area (Å²) in [6.45, 7) is 6.42. The van der Waals surface area contributed by atoms with E-state index in [1.807, 2.05) is 55.1 Å². The summed E-state index contributed by atoms with van der Waals surface area (Å²) in [6, 6.07) is 14.9. The van der Waals surface area contributed by atoms with E-state index in [9.17, 15) is 14.4 Å². The topological polar surface area (TPSA) is 79.4 Å². The van der Waals surface area contributed by atoms with Crippen molar-refractivity contribution in [2.45, 2.75) is 51.2 Å². The van der Waals surface area contributed by atoms with Gasteiger partial charge in [-0.15, -0.1) is 0 Å². The molecule has 0 radical (unpaired) electrons. The molecular formula is C28H35N3O5. The number of esters is 1. The molecule has 0 bridgehead atoms. The molecular weight excluding hydrogens is 458 g/mol. The fraction of sp³-hybridized carbons (Fsp3) is 0.464. The van der Waals surface area contributed by atoms with Crippen LogP contribution in [0.5, 0.6) is 5.75 Å². The molecule has 0 aromatic heterocycles. The van der Waals surface area contributed by atoms with E-state index in [0.29, 0.717) is 44.5 Å². The van der Waals surface area contributed by atoms with Gasteiger partial charge in [0.25, 0.3) is 5.91 Å². The highest BCUT2D eigenvalue weighted by atomic mass is 16.5.